The topological polar surface area (TPSA) is 68.2 Å². The average molecular weight is 423 g/mol. The van der Waals surface area contributed by atoms with Crippen molar-refractivity contribution in [2.24, 2.45) is 5.92 Å². The number of piperazine rings is 1. The highest BCUT2D eigenvalue weighted by Gasteiger charge is 2.21. The summed E-state index contributed by atoms with van der Waals surface area (Å²) in [6.45, 7) is 8.41. The Hall–Kier alpha value is -2.49. The van der Waals surface area contributed by atoms with Crippen molar-refractivity contribution in [2.75, 3.05) is 37.6 Å². The second kappa shape index (κ2) is 11.1. The minimum atomic E-state index is -0.205. The number of carbonyl (C=O) groups excluding carboxylic acids is 1. The molecule has 1 unspecified atom stereocenters. The van der Waals surface area contributed by atoms with E-state index in [1.165, 1.54) is 11.3 Å². The molecule has 0 saturated carbocycles. The number of amides is 1. The van der Waals surface area contributed by atoms with Crippen molar-refractivity contribution in [3.63, 3.8) is 0 Å². The van der Waals surface area contributed by atoms with Gasteiger partial charge >= 0.3 is 0 Å². The predicted octanol–water partition coefficient (Wildman–Crippen LogP) is 3.91. The molecule has 1 amide bonds. The Kier molecular flexibility index (Phi) is 8.18. The van der Waals surface area contributed by atoms with E-state index in [9.17, 15) is 4.79 Å². The van der Waals surface area contributed by atoms with Crippen LogP contribution in [0.5, 0.6) is 0 Å². The maximum Gasteiger partial charge on any atom is 0.234 e. The third-order valence-electron chi connectivity index (χ3n) is 5.11. The van der Waals surface area contributed by atoms with Crippen LogP contribution in [0.1, 0.15) is 20.3 Å². The van der Waals surface area contributed by atoms with Crippen LogP contribution < -0.4 is 15.5 Å². The average Bonchev–Trinajstić information content (AvgIpc) is 2.77. The Labute approximate surface area is 183 Å². The molecule has 1 aliphatic heterocycles. The summed E-state index contributed by atoms with van der Waals surface area (Å²) < 4.78 is 0. The van der Waals surface area contributed by atoms with Crippen LogP contribution in [0.25, 0.3) is 11.1 Å². The van der Waals surface area contributed by atoms with Crippen LogP contribution in [-0.2, 0) is 4.79 Å². The van der Waals surface area contributed by atoms with Crippen molar-refractivity contribution in [1.29, 1.82) is 5.26 Å². The third kappa shape index (κ3) is 6.25. The second-order valence-corrected chi connectivity index (χ2v) is 9.20. The lowest BCUT2D eigenvalue weighted by atomic mass is 10.1. The summed E-state index contributed by atoms with van der Waals surface area (Å²) in [6.07, 6.45) is 0.769. The van der Waals surface area contributed by atoms with Gasteiger partial charge in [0.1, 0.15) is 6.54 Å². The molecular formula is C24H30N4OS. The van der Waals surface area contributed by atoms with Crippen LogP contribution in [0.4, 0.5) is 5.69 Å². The first-order valence-corrected chi connectivity index (χ1v) is 11.4. The van der Waals surface area contributed by atoms with Gasteiger partial charge in [-0.3, -0.25) is 4.79 Å². The molecule has 1 saturated heterocycles. The molecule has 2 aromatic rings. The van der Waals surface area contributed by atoms with Crippen LogP contribution >= 0.6 is 11.8 Å². The molecule has 0 aliphatic carbocycles. The van der Waals surface area contributed by atoms with Crippen molar-refractivity contribution in [3.8, 4) is 17.2 Å². The normalized spacial score (nSPS) is 14.9. The van der Waals surface area contributed by atoms with Crippen LogP contribution in [0.3, 0.4) is 0 Å². The van der Waals surface area contributed by atoms with Crippen molar-refractivity contribution < 1.29 is 4.79 Å². The lowest BCUT2D eigenvalue weighted by Crippen LogP contribution is -2.43. The van der Waals surface area contributed by atoms with E-state index in [0.29, 0.717) is 5.92 Å². The maximum absolute atomic E-state index is 12.5. The first kappa shape index (κ1) is 22.2. The van der Waals surface area contributed by atoms with E-state index in [-0.39, 0.29) is 17.7 Å². The van der Waals surface area contributed by atoms with Gasteiger partial charge in [0.05, 0.1) is 11.3 Å². The van der Waals surface area contributed by atoms with E-state index in [2.05, 4.69) is 65.8 Å². The zero-order valence-corrected chi connectivity index (χ0v) is 18.5. The molecule has 1 aliphatic rings. The standard InChI is InChI=1S/C24H30N4OS/c1-18(2)16-23(24(29)27-11-10-25)30-22-5-3-4-20(17-22)19-6-8-21(9-7-19)28-14-12-26-13-15-28/h3-9,17-18,23,26H,11-16H2,1-2H3,(H,27,29). The highest BCUT2D eigenvalue weighted by Crippen LogP contribution is 2.32. The van der Waals surface area contributed by atoms with Crippen molar-refractivity contribution >= 4 is 23.4 Å². The van der Waals surface area contributed by atoms with Gasteiger partial charge in [0.25, 0.3) is 0 Å². The predicted molar refractivity (Wildman–Crippen MR) is 125 cm³/mol. The maximum atomic E-state index is 12.5. The Morgan fingerprint density at radius 1 is 1.17 bits per heavy atom. The summed E-state index contributed by atoms with van der Waals surface area (Å²) in [4.78, 5) is 16.0. The highest BCUT2D eigenvalue weighted by atomic mass is 32.2. The number of hydrogen-bond donors (Lipinski definition) is 2. The van der Waals surface area contributed by atoms with Crippen molar-refractivity contribution in [2.45, 2.75) is 30.4 Å². The van der Waals surface area contributed by atoms with E-state index in [1.807, 2.05) is 18.2 Å². The second-order valence-electron chi connectivity index (χ2n) is 7.92. The monoisotopic (exact) mass is 422 g/mol. The fourth-order valence-electron chi connectivity index (χ4n) is 3.58. The lowest BCUT2D eigenvalue weighted by Gasteiger charge is -2.29. The molecular weight excluding hydrogens is 392 g/mol. The van der Waals surface area contributed by atoms with Gasteiger partial charge in [0.2, 0.25) is 5.91 Å². The number of hydrogen-bond acceptors (Lipinski definition) is 5. The van der Waals surface area contributed by atoms with Crippen molar-refractivity contribution in [3.05, 3.63) is 48.5 Å². The molecule has 1 heterocycles. The molecule has 0 bridgehead atoms. The summed E-state index contributed by atoms with van der Waals surface area (Å²) in [7, 11) is 0. The number of nitriles is 1. The largest absolute Gasteiger partial charge is 0.369 e. The highest BCUT2D eigenvalue weighted by molar-refractivity contribution is 8.00. The fraction of sp³-hybridized carbons (Fsp3) is 0.417. The minimum absolute atomic E-state index is 0.0491. The number of nitrogens with one attached hydrogen (secondary N) is 2. The van der Waals surface area contributed by atoms with Gasteiger partial charge in [-0.1, -0.05) is 38.1 Å². The summed E-state index contributed by atoms with van der Waals surface area (Å²) in [5.41, 5.74) is 3.58. The van der Waals surface area contributed by atoms with Crippen LogP contribution in [0, 0.1) is 17.2 Å². The van der Waals surface area contributed by atoms with Gasteiger partial charge in [-0.25, -0.2) is 0 Å². The number of rotatable bonds is 8. The van der Waals surface area contributed by atoms with Crippen LogP contribution in [0.15, 0.2) is 53.4 Å². The summed E-state index contributed by atoms with van der Waals surface area (Å²) in [5.74, 6) is 0.331. The summed E-state index contributed by atoms with van der Waals surface area (Å²) in [6, 6.07) is 19.1. The zero-order chi connectivity index (χ0) is 21.3. The number of thioether (sulfide) groups is 1. The summed E-state index contributed by atoms with van der Waals surface area (Å²) in [5, 5.41) is 14.6. The first-order chi connectivity index (χ1) is 14.6. The molecule has 0 aromatic heterocycles. The van der Waals surface area contributed by atoms with Gasteiger partial charge in [0, 0.05) is 36.8 Å². The fourth-order valence-corrected chi connectivity index (χ4v) is 4.93. The van der Waals surface area contributed by atoms with Gasteiger partial charge in [-0.15, -0.1) is 11.8 Å². The van der Waals surface area contributed by atoms with Gasteiger partial charge < -0.3 is 15.5 Å². The number of anilines is 1. The van der Waals surface area contributed by atoms with Gasteiger partial charge in [0.15, 0.2) is 0 Å². The molecule has 2 aromatic carbocycles. The Balaban J connectivity index is 1.72. The Morgan fingerprint density at radius 2 is 1.90 bits per heavy atom. The van der Waals surface area contributed by atoms with E-state index < -0.39 is 0 Å². The molecule has 1 fully saturated rings. The van der Waals surface area contributed by atoms with Crippen molar-refractivity contribution in [1.82, 2.24) is 10.6 Å². The molecule has 0 radical (unpaired) electrons. The molecule has 0 spiro atoms. The molecule has 3 rings (SSSR count). The summed E-state index contributed by atoms with van der Waals surface area (Å²) >= 11 is 1.57. The Morgan fingerprint density at radius 3 is 2.57 bits per heavy atom. The van der Waals surface area contributed by atoms with Crippen LogP contribution in [0.2, 0.25) is 0 Å². The number of benzene rings is 2. The van der Waals surface area contributed by atoms with Gasteiger partial charge in [-0.2, -0.15) is 5.26 Å². The van der Waals surface area contributed by atoms with E-state index in [1.54, 1.807) is 11.8 Å². The lowest BCUT2D eigenvalue weighted by molar-refractivity contribution is -0.120. The van der Waals surface area contributed by atoms with E-state index in [4.69, 9.17) is 5.26 Å². The molecule has 6 heteroatoms. The molecule has 5 nitrogen and oxygen atoms in total. The minimum Gasteiger partial charge on any atom is -0.369 e. The van der Waals surface area contributed by atoms with Crippen LogP contribution in [-0.4, -0.2) is 43.9 Å². The molecule has 30 heavy (non-hydrogen) atoms. The van der Waals surface area contributed by atoms with E-state index in [0.717, 1.165) is 43.1 Å². The molecule has 2 N–H and O–H groups in total. The Bertz CT molecular complexity index is 870. The van der Waals surface area contributed by atoms with E-state index >= 15 is 0 Å². The number of carbonyl (C=O) groups is 1. The quantitative estimate of drug-likeness (QED) is 0.499. The molecule has 158 valence electrons. The van der Waals surface area contributed by atoms with Gasteiger partial charge in [-0.05, 0) is 47.7 Å². The zero-order valence-electron chi connectivity index (χ0n) is 17.7. The smallest absolute Gasteiger partial charge is 0.234 e. The molecule has 1 atom stereocenters. The third-order valence-corrected chi connectivity index (χ3v) is 6.33. The first-order valence-electron chi connectivity index (χ1n) is 10.5. The SMILES string of the molecule is CC(C)CC(Sc1cccc(-c2ccc(N3CCNCC3)cc2)c1)C(=O)NCC#N. The number of nitrogens with zero attached hydrogens (tertiary/aromatic N) is 2.